The molecule has 2 heteroatoms. The summed E-state index contributed by atoms with van der Waals surface area (Å²) in [6.07, 6.45) is 6.09. The topological polar surface area (TPSA) is 21.3 Å². The van der Waals surface area contributed by atoms with Crippen molar-refractivity contribution in [3.63, 3.8) is 0 Å². The summed E-state index contributed by atoms with van der Waals surface area (Å²) in [6.45, 7) is 6.75. The number of nitrogens with one attached hydrogen (secondary N) is 1. The highest BCUT2D eigenvalue weighted by molar-refractivity contribution is 5.44. The second-order valence-corrected chi connectivity index (χ2v) is 6.68. The van der Waals surface area contributed by atoms with Crippen molar-refractivity contribution in [2.24, 2.45) is 5.92 Å². The summed E-state index contributed by atoms with van der Waals surface area (Å²) in [7, 11) is 0. The first-order valence-corrected chi connectivity index (χ1v) is 7.64. The van der Waals surface area contributed by atoms with Crippen LogP contribution in [0.5, 0.6) is 5.75 Å². The van der Waals surface area contributed by atoms with Crippen molar-refractivity contribution >= 4 is 0 Å². The van der Waals surface area contributed by atoms with Gasteiger partial charge in [-0.25, -0.2) is 0 Å². The number of aryl methyl sites for hydroxylation is 1. The fraction of sp³-hybridized carbons (Fsp3) is 0.647. The smallest absolute Gasteiger partial charge is 0.126 e. The van der Waals surface area contributed by atoms with Crippen molar-refractivity contribution in [3.8, 4) is 5.75 Å². The molecule has 0 aliphatic carbocycles. The summed E-state index contributed by atoms with van der Waals surface area (Å²) in [5.41, 5.74) is 2.81. The Balaban J connectivity index is 1.81. The van der Waals surface area contributed by atoms with E-state index in [0.29, 0.717) is 0 Å². The van der Waals surface area contributed by atoms with Gasteiger partial charge in [-0.3, -0.25) is 0 Å². The van der Waals surface area contributed by atoms with Crippen LogP contribution in [0.3, 0.4) is 0 Å². The molecule has 0 saturated carbocycles. The zero-order valence-corrected chi connectivity index (χ0v) is 12.2. The molecule has 1 atom stereocenters. The van der Waals surface area contributed by atoms with Crippen LogP contribution in [0.2, 0.25) is 0 Å². The van der Waals surface area contributed by atoms with E-state index in [1.807, 2.05) is 0 Å². The number of ether oxygens (including phenoxy) is 1. The van der Waals surface area contributed by atoms with E-state index >= 15 is 0 Å². The number of benzene rings is 1. The van der Waals surface area contributed by atoms with E-state index in [1.165, 1.54) is 36.3 Å². The molecule has 2 nitrogen and oxygen atoms in total. The Labute approximate surface area is 116 Å². The van der Waals surface area contributed by atoms with Gasteiger partial charge < -0.3 is 10.1 Å². The van der Waals surface area contributed by atoms with Crippen molar-refractivity contribution in [3.05, 3.63) is 29.3 Å². The minimum atomic E-state index is -0.00603. The monoisotopic (exact) mass is 259 g/mol. The van der Waals surface area contributed by atoms with Crippen LogP contribution in [-0.4, -0.2) is 18.7 Å². The third-order valence-electron chi connectivity index (χ3n) is 4.46. The van der Waals surface area contributed by atoms with Gasteiger partial charge in [-0.05, 0) is 76.1 Å². The van der Waals surface area contributed by atoms with Crippen molar-refractivity contribution < 1.29 is 4.74 Å². The molecule has 0 bridgehead atoms. The summed E-state index contributed by atoms with van der Waals surface area (Å²) in [6, 6.07) is 6.69. The average molecular weight is 259 g/mol. The SMILES string of the molecule is CC1(C)CCc2cccc(CC3CCCNC3)c2O1. The Bertz CT molecular complexity index is 447. The Kier molecular flexibility index (Phi) is 3.53. The summed E-state index contributed by atoms with van der Waals surface area (Å²) < 4.78 is 6.27. The Morgan fingerprint density at radius 1 is 1.37 bits per heavy atom. The van der Waals surface area contributed by atoms with Gasteiger partial charge >= 0.3 is 0 Å². The van der Waals surface area contributed by atoms with Crippen molar-refractivity contribution in [1.29, 1.82) is 0 Å². The molecule has 2 aliphatic heterocycles. The van der Waals surface area contributed by atoms with E-state index in [-0.39, 0.29) is 5.60 Å². The van der Waals surface area contributed by atoms with E-state index in [0.717, 1.165) is 31.7 Å². The Morgan fingerprint density at radius 2 is 2.26 bits per heavy atom. The molecule has 3 rings (SSSR count). The van der Waals surface area contributed by atoms with E-state index in [1.54, 1.807) is 0 Å². The van der Waals surface area contributed by atoms with Gasteiger partial charge in [0.25, 0.3) is 0 Å². The van der Waals surface area contributed by atoms with E-state index in [9.17, 15) is 0 Å². The highest BCUT2D eigenvalue weighted by atomic mass is 16.5. The molecule has 2 heterocycles. The molecule has 0 spiro atoms. The number of hydrogen-bond donors (Lipinski definition) is 1. The lowest BCUT2D eigenvalue weighted by molar-refractivity contribution is 0.0829. The number of hydrogen-bond acceptors (Lipinski definition) is 2. The van der Waals surface area contributed by atoms with Crippen molar-refractivity contribution in [2.75, 3.05) is 13.1 Å². The molecule has 19 heavy (non-hydrogen) atoms. The van der Waals surface area contributed by atoms with E-state index < -0.39 is 0 Å². The normalized spacial score (nSPS) is 25.5. The maximum absolute atomic E-state index is 6.27. The first kappa shape index (κ1) is 13.0. The van der Waals surface area contributed by atoms with E-state index in [4.69, 9.17) is 4.74 Å². The van der Waals surface area contributed by atoms with Crippen LogP contribution >= 0.6 is 0 Å². The molecule has 0 amide bonds. The fourth-order valence-corrected chi connectivity index (χ4v) is 3.30. The maximum Gasteiger partial charge on any atom is 0.126 e. The molecule has 0 radical (unpaired) electrons. The van der Waals surface area contributed by atoms with Crippen LogP contribution < -0.4 is 10.1 Å². The fourth-order valence-electron chi connectivity index (χ4n) is 3.30. The third kappa shape index (κ3) is 2.94. The lowest BCUT2D eigenvalue weighted by atomic mass is 9.88. The zero-order chi connectivity index (χ0) is 13.3. The van der Waals surface area contributed by atoms with Crippen LogP contribution in [0.1, 0.15) is 44.2 Å². The molecule has 1 N–H and O–H groups in total. The first-order chi connectivity index (χ1) is 9.14. The summed E-state index contributed by atoms with van der Waals surface area (Å²) in [4.78, 5) is 0. The maximum atomic E-state index is 6.27. The number of piperidine rings is 1. The standard InChI is InChI=1S/C17H25NO/c1-17(2)9-8-14-6-3-7-15(16(14)19-17)11-13-5-4-10-18-12-13/h3,6-7,13,18H,4-5,8-12H2,1-2H3. The highest BCUT2D eigenvalue weighted by Crippen LogP contribution is 2.37. The first-order valence-electron chi connectivity index (χ1n) is 7.64. The van der Waals surface area contributed by atoms with Crippen LogP contribution in [0.15, 0.2) is 18.2 Å². The molecule has 0 aromatic heterocycles. The molecule has 104 valence electrons. The molecular weight excluding hydrogens is 234 g/mol. The quantitative estimate of drug-likeness (QED) is 0.879. The third-order valence-corrected chi connectivity index (χ3v) is 4.46. The second kappa shape index (κ2) is 5.16. The minimum absolute atomic E-state index is 0.00603. The number of rotatable bonds is 2. The molecular formula is C17H25NO. The summed E-state index contributed by atoms with van der Waals surface area (Å²) in [5.74, 6) is 1.96. The van der Waals surface area contributed by atoms with Gasteiger partial charge in [0.1, 0.15) is 11.4 Å². The molecule has 1 aromatic carbocycles. The van der Waals surface area contributed by atoms with Crippen LogP contribution in [0.25, 0.3) is 0 Å². The van der Waals surface area contributed by atoms with Gasteiger partial charge in [0, 0.05) is 0 Å². The average Bonchev–Trinajstić information content (AvgIpc) is 2.40. The minimum Gasteiger partial charge on any atom is -0.487 e. The largest absolute Gasteiger partial charge is 0.487 e. The highest BCUT2D eigenvalue weighted by Gasteiger charge is 2.28. The van der Waals surface area contributed by atoms with Crippen LogP contribution in [-0.2, 0) is 12.8 Å². The Morgan fingerprint density at radius 3 is 3.05 bits per heavy atom. The van der Waals surface area contributed by atoms with Gasteiger partial charge in [0.15, 0.2) is 0 Å². The van der Waals surface area contributed by atoms with Gasteiger partial charge in [0.2, 0.25) is 0 Å². The predicted molar refractivity (Wildman–Crippen MR) is 78.8 cm³/mol. The summed E-state index contributed by atoms with van der Waals surface area (Å²) in [5, 5.41) is 3.51. The van der Waals surface area contributed by atoms with Crippen LogP contribution in [0, 0.1) is 5.92 Å². The van der Waals surface area contributed by atoms with Gasteiger partial charge in [0.05, 0.1) is 0 Å². The van der Waals surface area contributed by atoms with Crippen LogP contribution in [0.4, 0.5) is 0 Å². The number of para-hydroxylation sites is 1. The van der Waals surface area contributed by atoms with Gasteiger partial charge in [-0.2, -0.15) is 0 Å². The van der Waals surface area contributed by atoms with Crippen molar-refractivity contribution in [1.82, 2.24) is 5.32 Å². The number of fused-ring (bicyclic) bond motifs is 1. The molecule has 1 saturated heterocycles. The Hall–Kier alpha value is -1.02. The molecule has 2 aliphatic rings. The molecule has 1 fully saturated rings. The lowest BCUT2D eigenvalue weighted by Crippen LogP contribution is -2.34. The zero-order valence-electron chi connectivity index (χ0n) is 12.2. The lowest BCUT2D eigenvalue weighted by Gasteiger charge is -2.34. The second-order valence-electron chi connectivity index (χ2n) is 6.68. The molecule has 1 unspecified atom stereocenters. The van der Waals surface area contributed by atoms with Crippen molar-refractivity contribution in [2.45, 2.75) is 51.6 Å². The summed E-state index contributed by atoms with van der Waals surface area (Å²) >= 11 is 0. The van der Waals surface area contributed by atoms with Gasteiger partial charge in [-0.1, -0.05) is 18.2 Å². The molecule has 1 aromatic rings. The van der Waals surface area contributed by atoms with E-state index in [2.05, 4.69) is 37.4 Å². The van der Waals surface area contributed by atoms with Gasteiger partial charge in [-0.15, -0.1) is 0 Å². The predicted octanol–water partition coefficient (Wildman–Crippen LogP) is 3.33.